The molecule has 4 atom stereocenters. The zero-order valence-electron chi connectivity index (χ0n) is 16.0. The highest BCUT2D eigenvalue weighted by atomic mass is 127. The lowest BCUT2D eigenvalue weighted by atomic mass is 9.69. The molecule has 0 aromatic carbocycles. The van der Waals surface area contributed by atoms with Crippen molar-refractivity contribution in [2.24, 2.45) is 5.41 Å². The molecular formula is C18H30IN2O5+. The van der Waals surface area contributed by atoms with Crippen molar-refractivity contribution in [3.63, 3.8) is 0 Å². The zero-order chi connectivity index (χ0) is 19.9. The maximum absolute atomic E-state index is 12.9. The number of quaternary nitrogens is 1. The molecule has 2 aliphatic rings. The Labute approximate surface area is 168 Å². The van der Waals surface area contributed by atoms with E-state index in [1.54, 1.807) is 4.90 Å². The monoisotopic (exact) mass is 481 g/mol. The zero-order valence-corrected chi connectivity index (χ0v) is 18.2. The summed E-state index contributed by atoms with van der Waals surface area (Å²) < 4.78 is -0.393. The van der Waals surface area contributed by atoms with Crippen molar-refractivity contribution in [3.8, 4) is 0 Å². The molecule has 0 saturated carbocycles. The molecule has 0 aliphatic carbocycles. The number of hydrogen-bond donors (Lipinski definition) is 2. The maximum atomic E-state index is 12.9. The Morgan fingerprint density at radius 1 is 1.35 bits per heavy atom. The number of piperidine rings is 2. The SMILES string of the molecule is CCC1(C(=O)O)CC[N@+](C(=O)O)(C(C)(C)C)C[C@@H]1N1CCCC(I)C1=O. The number of carboxylic acid groups (broad SMARTS) is 2. The molecule has 2 amide bonds. The maximum Gasteiger partial charge on any atom is 0.514 e. The third kappa shape index (κ3) is 3.23. The van der Waals surface area contributed by atoms with Crippen LogP contribution in [0, 0.1) is 5.41 Å². The molecule has 0 radical (unpaired) electrons. The lowest BCUT2D eigenvalue weighted by Crippen LogP contribution is -2.75. The third-order valence-corrected chi connectivity index (χ3v) is 7.71. The van der Waals surface area contributed by atoms with Crippen LogP contribution in [0.4, 0.5) is 4.79 Å². The fourth-order valence-electron chi connectivity index (χ4n) is 4.56. The van der Waals surface area contributed by atoms with E-state index in [4.69, 9.17) is 0 Å². The van der Waals surface area contributed by atoms with E-state index in [0.29, 0.717) is 13.0 Å². The first kappa shape index (κ1) is 21.4. The van der Waals surface area contributed by atoms with E-state index in [1.807, 2.05) is 27.7 Å². The van der Waals surface area contributed by atoms with Crippen LogP contribution in [0.5, 0.6) is 0 Å². The third-order valence-electron chi connectivity index (χ3n) is 6.55. The summed E-state index contributed by atoms with van der Waals surface area (Å²) >= 11 is 2.11. The Hall–Kier alpha value is -0.900. The number of nitrogens with zero attached hydrogens (tertiary/aromatic N) is 2. The fourth-order valence-corrected chi connectivity index (χ4v) is 5.36. The number of aliphatic carboxylic acids is 1. The minimum absolute atomic E-state index is 0.0553. The van der Waals surface area contributed by atoms with Gasteiger partial charge in [-0.15, -0.1) is 0 Å². The normalized spacial score (nSPS) is 36.0. The molecule has 0 aromatic rings. The smallest absolute Gasteiger partial charge is 0.481 e. The van der Waals surface area contributed by atoms with Crippen LogP contribution >= 0.6 is 22.6 Å². The molecule has 2 unspecified atom stereocenters. The molecule has 148 valence electrons. The van der Waals surface area contributed by atoms with Gasteiger partial charge in [-0.2, -0.15) is 4.79 Å². The second-order valence-corrected chi connectivity index (χ2v) is 10.1. The van der Waals surface area contributed by atoms with Gasteiger partial charge in [0.2, 0.25) is 5.91 Å². The van der Waals surface area contributed by atoms with E-state index >= 15 is 0 Å². The summed E-state index contributed by atoms with van der Waals surface area (Å²) in [6.45, 7) is 8.33. The van der Waals surface area contributed by atoms with Crippen molar-refractivity contribution in [1.29, 1.82) is 0 Å². The Kier molecular flexibility index (Phi) is 5.97. The molecule has 0 aromatic heterocycles. The largest absolute Gasteiger partial charge is 0.514 e. The number of halogens is 1. The van der Waals surface area contributed by atoms with E-state index in [-0.39, 0.29) is 33.8 Å². The molecule has 0 spiro atoms. The van der Waals surface area contributed by atoms with Gasteiger partial charge in [-0.3, -0.25) is 9.59 Å². The van der Waals surface area contributed by atoms with E-state index in [2.05, 4.69) is 22.6 Å². The topological polar surface area (TPSA) is 94.9 Å². The number of likely N-dealkylation sites (tertiary alicyclic amines) is 2. The molecule has 2 fully saturated rings. The number of carboxylic acids is 1. The minimum Gasteiger partial charge on any atom is -0.481 e. The summed E-state index contributed by atoms with van der Waals surface area (Å²) in [7, 11) is 0. The summed E-state index contributed by atoms with van der Waals surface area (Å²) in [5.41, 5.74) is -1.68. The van der Waals surface area contributed by atoms with Gasteiger partial charge in [0.15, 0.2) is 0 Å². The molecule has 2 heterocycles. The first-order chi connectivity index (χ1) is 11.9. The Balaban J connectivity index is 2.56. The van der Waals surface area contributed by atoms with E-state index in [9.17, 15) is 24.6 Å². The van der Waals surface area contributed by atoms with Gasteiger partial charge in [-0.1, -0.05) is 29.5 Å². The summed E-state index contributed by atoms with van der Waals surface area (Å²) in [4.78, 5) is 39.1. The van der Waals surface area contributed by atoms with Gasteiger partial charge < -0.3 is 15.1 Å². The summed E-state index contributed by atoms with van der Waals surface area (Å²) in [6.07, 6.45) is 1.29. The van der Waals surface area contributed by atoms with Gasteiger partial charge in [0.25, 0.3) is 0 Å². The van der Waals surface area contributed by atoms with Gasteiger partial charge in [0.1, 0.15) is 12.1 Å². The second-order valence-electron chi connectivity index (χ2n) is 8.55. The number of carbonyl (C=O) groups is 3. The predicted molar refractivity (Wildman–Crippen MR) is 105 cm³/mol. The number of carbonyl (C=O) groups excluding carboxylic acids is 1. The van der Waals surface area contributed by atoms with Crippen LogP contribution in [0.25, 0.3) is 0 Å². The van der Waals surface area contributed by atoms with Crippen LogP contribution in [0.2, 0.25) is 0 Å². The number of alkyl halides is 1. The first-order valence-corrected chi connectivity index (χ1v) is 10.5. The number of rotatable bonds is 3. The van der Waals surface area contributed by atoms with Crippen LogP contribution in [0.15, 0.2) is 0 Å². The number of hydrogen-bond acceptors (Lipinski definition) is 3. The fraction of sp³-hybridized carbons (Fsp3) is 0.833. The molecular weight excluding hydrogens is 451 g/mol. The highest BCUT2D eigenvalue weighted by Gasteiger charge is 2.62. The molecule has 0 bridgehead atoms. The van der Waals surface area contributed by atoms with Gasteiger partial charge in [-0.05, 0) is 40.0 Å². The average molecular weight is 481 g/mol. The molecule has 2 saturated heterocycles. The standard InChI is InChI=1S/C18H29IN2O5/c1-5-18(15(23)24)8-10-21(16(25)26,17(2,3)4)11-13(18)20-9-6-7-12(19)14(20)22/h12-13H,5-11H2,1-4H3,(H-,23,24,25,26)/p+1/t12?,13-,18?,21-/m0/s1. The van der Waals surface area contributed by atoms with E-state index < -0.39 is 29.1 Å². The van der Waals surface area contributed by atoms with Crippen molar-refractivity contribution in [3.05, 3.63) is 0 Å². The Morgan fingerprint density at radius 2 is 1.96 bits per heavy atom. The van der Waals surface area contributed by atoms with Crippen molar-refractivity contribution in [2.75, 3.05) is 19.6 Å². The lowest BCUT2D eigenvalue weighted by Gasteiger charge is -2.55. The van der Waals surface area contributed by atoms with Gasteiger partial charge in [0, 0.05) is 13.0 Å². The van der Waals surface area contributed by atoms with Crippen molar-refractivity contribution in [2.45, 2.75) is 68.9 Å². The van der Waals surface area contributed by atoms with E-state index in [0.717, 1.165) is 12.8 Å². The van der Waals surface area contributed by atoms with Crippen LogP contribution in [-0.4, -0.2) is 72.7 Å². The van der Waals surface area contributed by atoms with Crippen LogP contribution in [0.3, 0.4) is 0 Å². The lowest BCUT2D eigenvalue weighted by molar-refractivity contribution is -0.911. The highest BCUT2D eigenvalue weighted by Crippen LogP contribution is 2.45. The summed E-state index contributed by atoms with van der Waals surface area (Å²) in [6, 6.07) is -0.612. The van der Waals surface area contributed by atoms with Crippen LogP contribution < -0.4 is 0 Å². The van der Waals surface area contributed by atoms with Gasteiger partial charge in [0.05, 0.1) is 21.9 Å². The Morgan fingerprint density at radius 3 is 2.42 bits per heavy atom. The molecule has 7 nitrogen and oxygen atoms in total. The van der Waals surface area contributed by atoms with Crippen LogP contribution in [-0.2, 0) is 9.59 Å². The van der Waals surface area contributed by atoms with Crippen LogP contribution in [0.1, 0.15) is 53.4 Å². The quantitative estimate of drug-likeness (QED) is 0.367. The first-order valence-electron chi connectivity index (χ1n) is 9.21. The highest BCUT2D eigenvalue weighted by molar-refractivity contribution is 14.1. The summed E-state index contributed by atoms with van der Waals surface area (Å²) in [5.74, 6) is -0.981. The number of amides is 2. The Bertz CT molecular complexity index is 605. The second kappa shape index (κ2) is 7.26. The molecule has 2 N–H and O–H groups in total. The molecule has 26 heavy (non-hydrogen) atoms. The van der Waals surface area contributed by atoms with Crippen molar-refractivity contribution in [1.82, 2.24) is 4.90 Å². The van der Waals surface area contributed by atoms with Crippen molar-refractivity contribution >= 4 is 40.6 Å². The molecule has 2 rings (SSSR count). The van der Waals surface area contributed by atoms with Gasteiger partial charge in [-0.25, -0.2) is 4.48 Å². The van der Waals surface area contributed by atoms with E-state index in [1.165, 1.54) is 0 Å². The molecule has 2 aliphatic heterocycles. The van der Waals surface area contributed by atoms with Gasteiger partial charge >= 0.3 is 12.1 Å². The molecule has 8 heteroatoms. The summed E-state index contributed by atoms with van der Waals surface area (Å²) in [5, 5.41) is 20.1. The van der Waals surface area contributed by atoms with Crippen molar-refractivity contribution < 1.29 is 29.1 Å². The predicted octanol–water partition coefficient (Wildman–Crippen LogP) is 2.96. The average Bonchev–Trinajstić information content (AvgIpc) is 2.55. The minimum atomic E-state index is -1.09.